The number of pyridine rings is 1. The first-order valence-corrected chi connectivity index (χ1v) is 4.40. The number of aliphatic hydroxyl groups excluding tert-OH is 1. The van der Waals surface area contributed by atoms with E-state index in [0.717, 1.165) is 12.0 Å². The van der Waals surface area contributed by atoms with Gasteiger partial charge in [0.1, 0.15) is 0 Å². The van der Waals surface area contributed by atoms with Crippen molar-refractivity contribution in [2.24, 2.45) is 0 Å². The Kier molecular flexibility index (Phi) is 4.01. The van der Waals surface area contributed by atoms with Crippen LogP contribution in [0.15, 0.2) is 24.5 Å². The van der Waals surface area contributed by atoms with Crippen molar-refractivity contribution in [1.82, 2.24) is 4.98 Å². The van der Waals surface area contributed by atoms with Gasteiger partial charge >= 0.3 is 0 Å². The number of hydrogen-bond acceptors (Lipinski definition) is 2. The van der Waals surface area contributed by atoms with Crippen LogP contribution in [0.3, 0.4) is 0 Å². The Morgan fingerprint density at radius 2 is 2.46 bits per heavy atom. The van der Waals surface area contributed by atoms with Crippen molar-refractivity contribution in [2.45, 2.75) is 25.9 Å². The minimum Gasteiger partial charge on any atom is -0.392 e. The van der Waals surface area contributed by atoms with Crippen LogP contribution in [0.1, 0.15) is 25.3 Å². The van der Waals surface area contributed by atoms with Crippen LogP contribution in [0.2, 0.25) is 0 Å². The van der Waals surface area contributed by atoms with Crippen LogP contribution >= 0.6 is 0 Å². The zero-order valence-corrected chi connectivity index (χ0v) is 7.70. The van der Waals surface area contributed by atoms with Gasteiger partial charge in [0, 0.05) is 24.4 Å². The Morgan fingerprint density at radius 3 is 3.08 bits per heavy atom. The molecule has 0 saturated heterocycles. The van der Waals surface area contributed by atoms with E-state index in [1.54, 1.807) is 12.4 Å². The van der Waals surface area contributed by atoms with Crippen molar-refractivity contribution in [3.05, 3.63) is 30.1 Å². The van der Waals surface area contributed by atoms with Gasteiger partial charge < -0.3 is 5.11 Å². The first kappa shape index (κ1) is 9.76. The van der Waals surface area contributed by atoms with Crippen molar-refractivity contribution in [3.63, 3.8) is 0 Å². The molecule has 0 aliphatic rings. The zero-order valence-electron chi connectivity index (χ0n) is 7.70. The second-order valence-corrected chi connectivity index (χ2v) is 2.81. The second-order valence-electron chi connectivity index (χ2n) is 2.81. The summed E-state index contributed by atoms with van der Waals surface area (Å²) in [6.45, 7) is 1.94. The van der Waals surface area contributed by atoms with E-state index >= 15 is 0 Å². The van der Waals surface area contributed by atoms with E-state index < -0.39 is 0 Å². The lowest BCUT2D eigenvalue weighted by Gasteiger charge is -1.98. The lowest BCUT2D eigenvalue weighted by Crippen LogP contribution is -2.01. The fraction of sp³-hybridized carbons (Fsp3) is 0.364. The lowest BCUT2D eigenvalue weighted by molar-refractivity contribution is 0.176. The van der Waals surface area contributed by atoms with Crippen molar-refractivity contribution in [3.8, 4) is 11.8 Å². The third-order valence-electron chi connectivity index (χ3n) is 1.70. The zero-order chi connectivity index (χ0) is 9.52. The molecule has 0 amide bonds. The highest BCUT2D eigenvalue weighted by molar-refractivity contribution is 5.30. The predicted octanol–water partition coefficient (Wildman–Crippen LogP) is 1.59. The molecular weight excluding hydrogens is 162 g/mol. The van der Waals surface area contributed by atoms with Gasteiger partial charge in [-0.2, -0.15) is 0 Å². The molecule has 0 fully saturated rings. The van der Waals surface area contributed by atoms with Gasteiger partial charge in [-0.3, -0.25) is 4.98 Å². The van der Waals surface area contributed by atoms with Crippen LogP contribution in [0.4, 0.5) is 0 Å². The lowest BCUT2D eigenvalue weighted by atomic mass is 10.2. The summed E-state index contributed by atoms with van der Waals surface area (Å²) >= 11 is 0. The molecule has 2 heteroatoms. The first-order valence-electron chi connectivity index (χ1n) is 4.40. The summed E-state index contributed by atoms with van der Waals surface area (Å²) in [5, 5.41) is 9.22. The topological polar surface area (TPSA) is 33.1 Å². The smallest absolute Gasteiger partial charge is 0.0646 e. The summed E-state index contributed by atoms with van der Waals surface area (Å²) in [5.74, 6) is 5.85. The monoisotopic (exact) mass is 175 g/mol. The van der Waals surface area contributed by atoms with E-state index in [1.165, 1.54) is 0 Å². The number of hydrogen-bond donors (Lipinski definition) is 1. The van der Waals surface area contributed by atoms with Crippen molar-refractivity contribution in [1.29, 1.82) is 0 Å². The summed E-state index contributed by atoms with van der Waals surface area (Å²) in [5.41, 5.74) is 0.894. The minimum atomic E-state index is -0.302. The van der Waals surface area contributed by atoms with Gasteiger partial charge in [-0.05, 0) is 18.6 Å². The van der Waals surface area contributed by atoms with Crippen LogP contribution in [0.25, 0.3) is 0 Å². The van der Waals surface area contributed by atoms with E-state index in [1.807, 2.05) is 19.1 Å². The highest BCUT2D eigenvalue weighted by Gasteiger charge is 1.94. The third-order valence-corrected chi connectivity index (χ3v) is 1.70. The summed E-state index contributed by atoms with van der Waals surface area (Å²) in [6, 6.07) is 3.75. The Morgan fingerprint density at radius 1 is 1.62 bits per heavy atom. The molecule has 0 aliphatic heterocycles. The first-order chi connectivity index (χ1) is 6.33. The number of aromatic nitrogens is 1. The Hall–Kier alpha value is -1.33. The molecule has 1 heterocycles. The average Bonchev–Trinajstić information content (AvgIpc) is 2.19. The molecule has 68 valence electrons. The number of rotatable bonds is 2. The summed E-state index contributed by atoms with van der Waals surface area (Å²) in [7, 11) is 0. The Labute approximate surface area is 78.6 Å². The highest BCUT2D eigenvalue weighted by atomic mass is 16.3. The van der Waals surface area contributed by atoms with Gasteiger partial charge in [-0.15, -0.1) is 0 Å². The summed E-state index contributed by atoms with van der Waals surface area (Å²) in [4.78, 5) is 3.94. The molecule has 2 nitrogen and oxygen atoms in total. The van der Waals surface area contributed by atoms with E-state index in [-0.39, 0.29) is 6.10 Å². The maximum Gasteiger partial charge on any atom is 0.0646 e. The molecule has 0 spiro atoms. The average molecular weight is 175 g/mol. The molecule has 0 saturated carbocycles. The molecule has 0 aliphatic carbocycles. The van der Waals surface area contributed by atoms with Crippen LogP contribution in [-0.4, -0.2) is 16.2 Å². The van der Waals surface area contributed by atoms with Gasteiger partial charge in [-0.1, -0.05) is 18.8 Å². The normalized spacial score (nSPS) is 11.5. The molecular formula is C11H13NO. The van der Waals surface area contributed by atoms with Crippen molar-refractivity contribution >= 4 is 0 Å². The molecule has 13 heavy (non-hydrogen) atoms. The van der Waals surface area contributed by atoms with Crippen LogP contribution < -0.4 is 0 Å². The highest BCUT2D eigenvalue weighted by Crippen LogP contribution is 1.96. The van der Waals surface area contributed by atoms with Gasteiger partial charge in [-0.25, -0.2) is 0 Å². The fourth-order valence-electron chi connectivity index (χ4n) is 0.852. The standard InChI is InChI=1S/C11H13NO/c1-2-11(13)7-3-5-10-6-4-8-12-9-10/h4,6,8-9,11,13H,2,7H2,1H3/t11-/m1/s1. The van der Waals surface area contributed by atoms with Crippen LogP contribution in [-0.2, 0) is 0 Å². The maximum absolute atomic E-state index is 9.22. The molecule has 0 aromatic carbocycles. The van der Waals surface area contributed by atoms with E-state index in [2.05, 4.69) is 16.8 Å². The molecule has 0 unspecified atom stereocenters. The maximum atomic E-state index is 9.22. The minimum absolute atomic E-state index is 0.302. The summed E-state index contributed by atoms with van der Waals surface area (Å²) < 4.78 is 0. The number of nitrogens with zero attached hydrogens (tertiary/aromatic N) is 1. The second kappa shape index (κ2) is 5.34. The van der Waals surface area contributed by atoms with Crippen molar-refractivity contribution < 1.29 is 5.11 Å². The third kappa shape index (κ3) is 3.73. The van der Waals surface area contributed by atoms with Gasteiger partial charge in [0.2, 0.25) is 0 Å². The van der Waals surface area contributed by atoms with Gasteiger partial charge in [0.05, 0.1) is 6.10 Å². The van der Waals surface area contributed by atoms with E-state index in [4.69, 9.17) is 0 Å². The SMILES string of the molecule is CC[C@@H](O)CC#Cc1cccnc1. The largest absolute Gasteiger partial charge is 0.392 e. The van der Waals surface area contributed by atoms with Gasteiger partial charge in [0.15, 0.2) is 0 Å². The molecule has 1 rings (SSSR count). The molecule has 1 aromatic heterocycles. The van der Waals surface area contributed by atoms with E-state index in [9.17, 15) is 5.11 Å². The Bertz CT molecular complexity index is 297. The molecule has 0 radical (unpaired) electrons. The summed E-state index contributed by atoms with van der Waals surface area (Å²) in [6.07, 6.45) is 4.41. The number of aliphatic hydroxyl groups is 1. The van der Waals surface area contributed by atoms with Crippen LogP contribution in [0.5, 0.6) is 0 Å². The van der Waals surface area contributed by atoms with Crippen LogP contribution in [0, 0.1) is 11.8 Å². The molecule has 1 atom stereocenters. The molecule has 1 N–H and O–H groups in total. The quantitative estimate of drug-likeness (QED) is 0.692. The van der Waals surface area contributed by atoms with E-state index in [0.29, 0.717) is 6.42 Å². The molecule has 1 aromatic rings. The van der Waals surface area contributed by atoms with Gasteiger partial charge in [0.25, 0.3) is 0 Å². The Balaban J connectivity index is 2.49. The van der Waals surface area contributed by atoms with Crippen molar-refractivity contribution in [2.75, 3.05) is 0 Å². The predicted molar refractivity (Wildman–Crippen MR) is 52.0 cm³/mol. The fourth-order valence-corrected chi connectivity index (χ4v) is 0.852. The molecule has 0 bridgehead atoms.